The van der Waals surface area contributed by atoms with E-state index in [1.54, 1.807) is 12.3 Å². The molecule has 1 aromatic heterocycles. The number of aromatic nitrogens is 2. The van der Waals surface area contributed by atoms with E-state index >= 15 is 0 Å². The van der Waals surface area contributed by atoms with Crippen LogP contribution in [0.4, 0.5) is 5.69 Å². The van der Waals surface area contributed by atoms with Crippen LogP contribution in [-0.2, 0) is 0 Å². The lowest BCUT2D eigenvalue weighted by molar-refractivity contribution is -0.691. The molecule has 1 fully saturated rings. The number of aliphatic hydroxyl groups excluding tert-OH is 1. The van der Waals surface area contributed by atoms with E-state index in [0.29, 0.717) is 16.1 Å². The molecular formula is C16H22BrN4O3+. The number of anilines is 1. The van der Waals surface area contributed by atoms with Gasteiger partial charge >= 0.3 is 0 Å². The Labute approximate surface area is 148 Å². The third-order valence-electron chi connectivity index (χ3n) is 4.46. The number of H-pyrrole nitrogens is 1. The van der Waals surface area contributed by atoms with E-state index in [9.17, 15) is 10.2 Å². The summed E-state index contributed by atoms with van der Waals surface area (Å²) in [5, 5.41) is 38.1. The Bertz CT molecular complexity index is 699. The monoisotopic (exact) mass is 397 g/mol. The third kappa shape index (κ3) is 3.50. The first-order chi connectivity index (χ1) is 11.6. The molecule has 1 saturated heterocycles. The van der Waals surface area contributed by atoms with Gasteiger partial charge in [-0.15, -0.1) is 0 Å². The number of nitrogens with two attached hydrogens (primary N) is 1. The molecule has 130 valence electrons. The van der Waals surface area contributed by atoms with Gasteiger partial charge < -0.3 is 25.5 Å². The van der Waals surface area contributed by atoms with E-state index in [0.717, 1.165) is 43.9 Å². The minimum atomic E-state index is -0.00227. The molecule has 1 aromatic carbocycles. The minimum Gasteiger partial charge on any atom is -0.507 e. The van der Waals surface area contributed by atoms with Crippen LogP contribution in [0.15, 0.2) is 22.8 Å². The van der Waals surface area contributed by atoms with E-state index in [2.05, 4.69) is 36.3 Å². The maximum absolute atomic E-state index is 10.2. The fourth-order valence-corrected chi connectivity index (χ4v) is 3.50. The Morgan fingerprint density at radius 3 is 2.71 bits per heavy atom. The minimum absolute atomic E-state index is 0.00227. The molecule has 0 amide bonds. The number of phenols is 2. The highest BCUT2D eigenvalue weighted by Gasteiger charge is 2.25. The van der Waals surface area contributed by atoms with Gasteiger partial charge in [0.05, 0.1) is 41.2 Å². The van der Waals surface area contributed by atoms with Crippen molar-refractivity contribution in [1.82, 2.24) is 10.2 Å². The summed E-state index contributed by atoms with van der Waals surface area (Å²) in [5.41, 5.74) is 2.29. The first-order valence-electron chi connectivity index (χ1n) is 8.04. The lowest BCUT2D eigenvalue weighted by atomic mass is 10.0. The summed E-state index contributed by atoms with van der Waals surface area (Å²) in [6.45, 7) is 2.76. The van der Waals surface area contributed by atoms with Crippen LogP contribution in [0.1, 0.15) is 12.8 Å². The van der Waals surface area contributed by atoms with Crippen molar-refractivity contribution < 1.29 is 20.6 Å². The number of nitrogens with zero attached hydrogens (tertiary/aromatic N) is 2. The van der Waals surface area contributed by atoms with Gasteiger partial charge in [0.15, 0.2) is 0 Å². The number of hydrogen-bond acceptors (Lipinski definition) is 5. The summed E-state index contributed by atoms with van der Waals surface area (Å²) in [7, 11) is 0. The Morgan fingerprint density at radius 1 is 1.25 bits per heavy atom. The first kappa shape index (κ1) is 17.1. The van der Waals surface area contributed by atoms with Gasteiger partial charge in [0.2, 0.25) is 0 Å². The van der Waals surface area contributed by atoms with Crippen molar-refractivity contribution in [2.75, 3.05) is 31.1 Å². The van der Waals surface area contributed by atoms with Gasteiger partial charge in [0.1, 0.15) is 11.5 Å². The predicted octanol–water partition coefficient (Wildman–Crippen LogP) is 0.775. The number of benzene rings is 1. The van der Waals surface area contributed by atoms with E-state index in [-0.39, 0.29) is 18.1 Å². The Balaban J connectivity index is 1.78. The fourth-order valence-electron chi connectivity index (χ4n) is 3.16. The van der Waals surface area contributed by atoms with Gasteiger partial charge in [0, 0.05) is 37.6 Å². The van der Waals surface area contributed by atoms with Crippen molar-refractivity contribution in [3.05, 3.63) is 22.8 Å². The average Bonchev–Trinajstić information content (AvgIpc) is 3.06. The van der Waals surface area contributed by atoms with Crippen LogP contribution >= 0.6 is 15.9 Å². The van der Waals surface area contributed by atoms with Crippen molar-refractivity contribution in [3.63, 3.8) is 0 Å². The van der Waals surface area contributed by atoms with Gasteiger partial charge in [-0.3, -0.25) is 5.10 Å². The molecule has 0 atom stereocenters. The van der Waals surface area contributed by atoms with E-state index in [1.165, 1.54) is 6.07 Å². The van der Waals surface area contributed by atoms with Gasteiger partial charge in [-0.2, -0.15) is 5.10 Å². The molecule has 0 radical (unpaired) electrons. The van der Waals surface area contributed by atoms with Crippen molar-refractivity contribution in [2.45, 2.75) is 18.9 Å². The molecule has 2 heterocycles. The molecule has 8 heteroatoms. The third-order valence-corrected chi connectivity index (χ3v) is 5.10. The molecule has 0 bridgehead atoms. The second-order valence-electron chi connectivity index (χ2n) is 6.02. The first-order valence-corrected chi connectivity index (χ1v) is 8.83. The van der Waals surface area contributed by atoms with Crippen molar-refractivity contribution in [3.8, 4) is 22.8 Å². The molecule has 6 N–H and O–H groups in total. The number of hydrogen-bond donors (Lipinski definition) is 5. The Morgan fingerprint density at radius 2 is 2.00 bits per heavy atom. The van der Waals surface area contributed by atoms with Crippen LogP contribution in [0.5, 0.6) is 11.5 Å². The van der Waals surface area contributed by atoms with Crippen molar-refractivity contribution >= 4 is 21.6 Å². The summed E-state index contributed by atoms with van der Waals surface area (Å²) in [6.07, 6.45) is 3.85. The molecule has 0 saturated carbocycles. The van der Waals surface area contributed by atoms with E-state index < -0.39 is 0 Å². The molecule has 2 aromatic rings. The molecule has 7 nitrogen and oxygen atoms in total. The zero-order chi connectivity index (χ0) is 17.1. The van der Waals surface area contributed by atoms with Crippen molar-refractivity contribution in [2.24, 2.45) is 0 Å². The van der Waals surface area contributed by atoms with E-state index in [4.69, 9.17) is 5.11 Å². The zero-order valence-electron chi connectivity index (χ0n) is 13.2. The van der Waals surface area contributed by atoms with Crippen LogP contribution in [0.25, 0.3) is 11.3 Å². The number of aliphatic hydroxyl groups is 1. The number of phenolic OH excluding ortho intramolecular Hbond substituents is 2. The van der Waals surface area contributed by atoms with Crippen LogP contribution in [0, 0.1) is 0 Å². The summed E-state index contributed by atoms with van der Waals surface area (Å²) >= 11 is 3.28. The number of rotatable bonds is 5. The van der Waals surface area contributed by atoms with Crippen LogP contribution in [0.3, 0.4) is 0 Å². The second kappa shape index (κ2) is 7.42. The van der Waals surface area contributed by atoms with Gasteiger partial charge in [-0.05, 0) is 22.0 Å². The lowest BCUT2D eigenvalue weighted by Gasteiger charge is -2.32. The topological polar surface area (TPSA) is 109 Å². The summed E-state index contributed by atoms with van der Waals surface area (Å²) < 4.78 is 0.521. The molecule has 24 heavy (non-hydrogen) atoms. The highest BCUT2D eigenvalue weighted by atomic mass is 79.9. The van der Waals surface area contributed by atoms with Crippen molar-refractivity contribution in [1.29, 1.82) is 0 Å². The number of halogens is 1. The zero-order valence-corrected chi connectivity index (χ0v) is 14.8. The Kier molecular flexibility index (Phi) is 5.27. The van der Waals surface area contributed by atoms with Crippen LogP contribution < -0.4 is 10.2 Å². The average molecular weight is 398 g/mol. The van der Waals surface area contributed by atoms with Crippen LogP contribution in [-0.4, -0.2) is 57.8 Å². The molecule has 0 aliphatic carbocycles. The number of aromatic hydroxyl groups is 2. The highest BCUT2D eigenvalue weighted by molar-refractivity contribution is 9.10. The van der Waals surface area contributed by atoms with Crippen LogP contribution in [0.2, 0.25) is 0 Å². The molecule has 0 unspecified atom stereocenters. The van der Waals surface area contributed by atoms with Gasteiger partial charge in [-0.25, -0.2) is 0 Å². The SMILES string of the molecule is OCC[NH2+]C1CCN(c2cn[nH]c2-c2cc(Br)c(O)cc2O)CC1. The number of quaternary nitrogens is 1. The predicted molar refractivity (Wildman–Crippen MR) is 94.2 cm³/mol. The molecule has 3 rings (SSSR count). The smallest absolute Gasteiger partial charge is 0.133 e. The van der Waals surface area contributed by atoms with Gasteiger partial charge in [0.25, 0.3) is 0 Å². The molecule has 0 spiro atoms. The largest absolute Gasteiger partial charge is 0.507 e. The molecule has 1 aliphatic rings. The molecular weight excluding hydrogens is 376 g/mol. The van der Waals surface area contributed by atoms with Gasteiger partial charge in [-0.1, -0.05) is 0 Å². The Hall–Kier alpha value is -1.77. The van der Waals surface area contributed by atoms with E-state index in [1.807, 2.05) is 0 Å². The highest BCUT2D eigenvalue weighted by Crippen LogP contribution is 2.40. The quantitative estimate of drug-likeness (QED) is 0.512. The number of aromatic amines is 1. The summed E-state index contributed by atoms with van der Waals surface area (Å²) in [5.74, 6) is 0.00455. The maximum atomic E-state index is 10.2. The number of piperidine rings is 1. The standard InChI is InChI=1S/C16H21BrN4O3/c17-12-7-11(14(23)8-15(12)24)16-13(9-19-20-16)21-4-1-10(2-5-21)18-3-6-22/h7-10,18,22-24H,1-6H2,(H,19,20)/p+1. The summed E-state index contributed by atoms with van der Waals surface area (Å²) in [4.78, 5) is 2.25. The summed E-state index contributed by atoms with van der Waals surface area (Å²) in [6, 6.07) is 3.55. The fraction of sp³-hybridized carbons (Fsp3) is 0.438. The second-order valence-corrected chi connectivity index (χ2v) is 6.88. The lowest BCUT2D eigenvalue weighted by Crippen LogP contribution is -2.91. The number of nitrogens with one attached hydrogen (secondary N) is 1. The molecule has 1 aliphatic heterocycles. The maximum Gasteiger partial charge on any atom is 0.133 e. The normalized spacial score (nSPS) is 15.8.